The number of carbonyl (C=O) groups excluding carboxylic acids is 2. The summed E-state index contributed by atoms with van der Waals surface area (Å²) in [7, 11) is 1.81. The molecule has 24 heavy (non-hydrogen) atoms. The predicted octanol–water partition coefficient (Wildman–Crippen LogP) is 1.14. The molecule has 0 bridgehead atoms. The van der Waals surface area contributed by atoms with E-state index in [1.807, 2.05) is 25.2 Å². The summed E-state index contributed by atoms with van der Waals surface area (Å²) in [6.07, 6.45) is 1.57. The second-order valence-electron chi connectivity index (χ2n) is 5.56. The summed E-state index contributed by atoms with van der Waals surface area (Å²) in [5, 5.41) is 16.3. The van der Waals surface area contributed by atoms with Gasteiger partial charge in [0.15, 0.2) is 5.82 Å². The number of aliphatic hydroxyl groups excluding tert-OH is 1. The van der Waals surface area contributed by atoms with Gasteiger partial charge in [-0.1, -0.05) is 11.8 Å². The number of nitrogens with one attached hydrogen (secondary N) is 1. The third kappa shape index (κ3) is 3.09. The summed E-state index contributed by atoms with van der Waals surface area (Å²) in [5.41, 5.74) is 1.72. The number of hydrogen-bond acceptors (Lipinski definition) is 4. The van der Waals surface area contributed by atoms with E-state index in [1.54, 1.807) is 4.68 Å². The quantitative estimate of drug-likeness (QED) is 0.654. The highest BCUT2D eigenvalue weighted by Gasteiger charge is 2.27. The Morgan fingerprint density at radius 1 is 1.38 bits per heavy atom. The van der Waals surface area contributed by atoms with E-state index in [2.05, 4.69) is 22.3 Å². The zero-order valence-electron chi connectivity index (χ0n) is 13.4. The van der Waals surface area contributed by atoms with Gasteiger partial charge in [0.2, 0.25) is 5.91 Å². The van der Waals surface area contributed by atoms with Gasteiger partial charge in [0, 0.05) is 44.0 Å². The molecule has 7 heteroatoms. The average Bonchev–Trinajstić information content (AvgIpc) is 2.88. The highest BCUT2D eigenvalue weighted by Crippen LogP contribution is 2.27. The Kier molecular flexibility index (Phi) is 4.49. The van der Waals surface area contributed by atoms with Crippen molar-refractivity contribution >= 4 is 28.7 Å². The van der Waals surface area contributed by atoms with E-state index in [0.29, 0.717) is 25.2 Å². The average molecular weight is 326 g/mol. The number of aromatic nitrogens is 2. The molecule has 0 aliphatic carbocycles. The molecule has 0 radical (unpaired) electrons. The Balaban J connectivity index is 1.92. The number of anilines is 1. The first-order valence-corrected chi connectivity index (χ1v) is 7.78. The number of carbonyl (C=O) groups is 2. The molecule has 1 aliphatic heterocycles. The minimum absolute atomic E-state index is 0.138. The standard InChI is InChI=1S/C17H18N4O3/c1-20-14-11-12(5-3-2-4-10-22)6-7-13(14)16(19-20)21-9-8-15(23)18-17(21)24/h6-7,11,22H,2,4,8-10H2,1H3,(H,18,23,24). The topological polar surface area (TPSA) is 87.5 Å². The lowest BCUT2D eigenvalue weighted by atomic mass is 10.1. The van der Waals surface area contributed by atoms with Gasteiger partial charge >= 0.3 is 6.03 Å². The van der Waals surface area contributed by atoms with Crippen LogP contribution in [0.5, 0.6) is 0 Å². The number of nitrogens with zero attached hydrogens (tertiary/aromatic N) is 3. The number of aryl methyl sites for hydroxylation is 1. The second kappa shape index (κ2) is 6.72. The number of unbranched alkanes of at least 4 members (excludes halogenated alkanes) is 1. The van der Waals surface area contributed by atoms with E-state index in [4.69, 9.17) is 5.11 Å². The molecule has 1 saturated heterocycles. The molecule has 7 nitrogen and oxygen atoms in total. The van der Waals surface area contributed by atoms with Gasteiger partial charge in [0.1, 0.15) is 0 Å². The molecule has 1 aromatic heterocycles. The van der Waals surface area contributed by atoms with E-state index in [9.17, 15) is 9.59 Å². The minimum atomic E-state index is -0.445. The van der Waals surface area contributed by atoms with Gasteiger partial charge in [-0.25, -0.2) is 4.79 Å². The molecule has 0 saturated carbocycles. The lowest BCUT2D eigenvalue weighted by molar-refractivity contribution is -0.120. The van der Waals surface area contributed by atoms with Crippen molar-refractivity contribution < 1.29 is 14.7 Å². The third-order valence-corrected chi connectivity index (χ3v) is 3.83. The number of aliphatic hydroxyl groups is 1. The largest absolute Gasteiger partial charge is 0.396 e. The second-order valence-corrected chi connectivity index (χ2v) is 5.56. The van der Waals surface area contributed by atoms with E-state index in [-0.39, 0.29) is 18.9 Å². The molecule has 3 rings (SSSR count). The van der Waals surface area contributed by atoms with Crippen molar-refractivity contribution in [3.05, 3.63) is 23.8 Å². The fraction of sp³-hybridized carbons (Fsp3) is 0.353. The van der Waals surface area contributed by atoms with Gasteiger partial charge in [-0.2, -0.15) is 5.10 Å². The number of fused-ring (bicyclic) bond motifs is 1. The Bertz CT molecular complexity index is 860. The maximum Gasteiger partial charge on any atom is 0.329 e. The molecule has 0 spiro atoms. The molecule has 2 aromatic rings. The Morgan fingerprint density at radius 3 is 2.96 bits per heavy atom. The van der Waals surface area contributed by atoms with Crippen LogP contribution in [0.4, 0.5) is 10.6 Å². The summed E-state index contributed by atoms with van der Waals surface area (Å²) in [6.45, 7) is 0.457. The van der Waals surface area contributed by atoms with E-state index in [1.165, 1.54) is 4.90 Å². The summed E-state index contributed by atoms with van der Waals surface area (Å²) in [6, 6.07) is 5.24. The monoisotopic (exact) mass is 326 g/mol. The van der Waals surface area contributed by atoms with Crippen molar-refractivity contribution in [1.82, 2.24) is 15.1 Å². The molecule has 124 valence electrons. The van der Waals surface area contributed by atoms with Crippen molar-refractivity contribution in [2.24, 2.45) is 7.05 Å². The van der Waals surface area contributed by atoms with E-state index < -0.39 is 6.03 Å². The summed E-state index contributed by atoms with van der Waals surface area (Å²) in [4.78, 5) is 24.8. The molecular formula is C17H18N4O3. The van der Waals surface area contributed by atoms with Crippen LogP contribution in [-0.2, 0) is 11.8 Å². The summed E-state index contributed by atoms with van der Waals surface area (Å²) < 4.78 is 1.70. The SMILES string of the molecule is Cn1nc(N2CCC(=O)NC2=O)c2ccc(C#CCCCO)cc21. The molecule has 1 aromatic carbocycles. The first-order valence-electron chi connectivity index (χ1n) is 7.78. The number of rotatable bonds is 3. The van der Waals surface area contributed by atoms with Gasteiger partial charge < -0.3 is 5.11 Å². The highest BCUT2D eigenvalue weighted by atomic mass is 16.3. The molecule has 2 heterocycles. The summed E-state index contributed by atoms with van der Waals surface area (Å²) in [5.74, 6) is 6.35. The van der Waals surface area contributed by atoms with Crippen LogP contribution in [0.2, 0.25) is 0 Å². The van der Waals surface area contributed by atoms with Crippen molar-refractivity contribution in [3.63, 3.8) is 0 Å². The smallest absolute Gasteiger partial charge is 0.329 e. The fourth-order valence-corrected chi connectivity index (χ4v) is 2.61. The highest BCUT2D eigenvalue weighted by molar-refractivity contribution is 6.08. The summed E-state index contributed by atoms with van der Waals surface area (Å²) >= 11 is 0. The maximum atomic E-state index is 12.0. The molecule has 3 amide bonds. The molecule has 1 fully saturated rings. The van der Waals surface area contributed by atoms with Gasteiger partial charge in [-0.3, -0.25) is 19.7 Å². The molecule has 2 N–H and O–H groups in total. The van der Waals surface area contributed by atoms with Crippen LogP contribution < -0.4 is 10.2 Å². The van der Waals surface area contributed by atoms with Crippen LogP contribution in [0.15, 0.2) is 18.2 Å². The van der Waals surface area contributed by atoms with Gasteiger partial charge in [0.05, 0.1) is 5.52 Å². The van der Waals surface area contributed by atoms with Gasteiger partial charge in [0.25, 0.3) is 0 Å². The number of urea groups is 1. The van der Waals surface area contributed by atoms with E-state index in [0.717, 1.165) is 16.5 Å². The number of hydrogen-bond donors (Lipinski definition) is 2. The van der Waals surface area contributed by atoms with Crippen LogP contribution in [0.25, 0.3) is 10.9 Å². The Hall–Kier alpha value is -2.85. The fourth-order valence-electron chi connectivity index (χ4n) is 2.61. The zero-order valence-corrected chi connectivity index (χ0v) is 13.4. The first kappa shape index (κ1) is 16.0. The van der Waals surface area contributed by atoms with Crippen LogP contribution in [0, 0.1) is 11.8 Å². The van der Waals surface area contributed by atoms with Gasteiger partial charge in [-0.05, 0) is 24.6 Å². The zero-order chi connectivity index (χ0) is 17.1. The van der Waals surface area contributed by atoms with Gasteiger partial charge in [-0.15, -0.1) is 0 Å². The normalized spacial score (nSPS) is 14.5. The minimum Gasteiger partial charge on any atom is -0.396 e. The molecule has 0 atom stereocenters. The van der Waals surface area contributed by atoms with Crippen LogP contribution >= 0.6 is 0 Å². The Labute approximate surface area is 139 Å². The maximum absolute atomic E-state index is 12.0. The van der Waals surface area contributed by atoms with E-state index >= 15 is 0 Å². The Morgan fingerprint density at radius 2 is 2.21 bits per heavy atom. The first-order chi connectivity index (χ1) is 11.6. The lowest BCUT2D eigenvalue weighted by Crippen LogP contribution is -2.49. The molecule has 1 aliphatic rings. The molecular weight excluding hydrogens is 308 g/mol. The lowest BCUT2D eigenvalue weighted by Gasteiger charge is -2.24. The number of imide groups is 1. The van der Waals surface area contributed by atoms with Crippen LogP contribution in [0.3, 0.4) is 0 Å². The van der Waals surface area contributed by atoms with Crippen LogP contribution in [0.1, 0.15) is 24.8 Å². The third-order valence-electron chi connectivity index (χ3n) is 3.83. The van der Waals surface area contributed by atoms with Crippen molar-refractivity contribution in [3.8, 4) is 11.8 Å². The number of benzene rings is 1. The molecule has 0 unspecified atom stereocenters. The van der Waals surface area contributed by atoms with Crippen LogP contribution in [-0.4, -0.2) is 40.0 Å². The van der Waals surface area contributed by atoms with Crippen molar-refractivity contribution in [1.29, 1.82) is 0 Å². The number of amides is 3. The van der Waals surface area contributed by atoms with Crippen molar-refractivity contribution in [2.75, 3.05) is 18.1 Å². The predicted molar refractivity (Wildman–Crippen MR) is 89.4 cm³/mol. The van der Waals surface area contributed by atoms with Crippen molar-refractivity contribution in [2.45, 2.75) is 19.3 Å².